The topological polar surface area (TPSA) is 80.6 Å². The Morgan fingerprint density at radius 2 is 2.14 bits per heavy atom. The number of aryl methyl sites for hydroxylation is 1. The number of esters is 1. The van der Waals surface area contributed by atoms with E-state index in [1.807, 2.05) is 6.07 Å². The van der Waals surface area contributed by atoms with Crippen LogP contribution in [0.25, 0.3) is 0 Å². The first-order chi connectivity index (χ1) is 10.7. The predicted molar refractivity (Wildman–Crippen MR) is 79.2 cm³/mol. The van der Waals surface area contributed by atoms with Crippen molar-refractivity contribution in [2.75, 3.05) is 7.11 Å². The summed E-state index contributed by atoms with van der Waals surface area (Å²) in [5, 5.41) is 5.99. The molecule has 0 bridgehead atoms. The summed E-state index contributed by atoms with van der Waals surface area (Å²) >= 11 is 0. The molecule has 2 aliphatic carbocycles. The third-order valence-electron chi connectivity index (χ3n) is 4.66. The molecular formula is C16H22N2O4. The standard InChI is InChI=1S/C16H22N2O4/c1-21-15(19)10-5-6-11(9-10)17-16(20)18-13-3-2-4-14-12(13)7-8-22-14/h7-8,10-11,13H,2-6,9H2,1H3,(H2,17,18,20)/t10-,11+,13+/m0/s1. The Kier molecular flexibility index (Phi) is 4.36. The number of carbonyl (C=O) groups excluding carboxylic acids is 2. The number of methoxy groups -OCH3 is 1. The maximum Gasteiger partial charge on any atom is 0.315 e. The van der Waals surface area contributed by atoms with E-state index in [1.54, 1.807) is 6.26 Å². The zero-order valence-corrected chi connectivity index (χ0v) is 12.8. The zero-order chi connectivity index (χ0) is 15.5. The van der Waals surface area contributed by atoms with E-state index >= 15 is 0 Å². The van der Waals surface area contributed by atoms with Crippen LogP contribution in [0.4, 0.5) is 4.79 Å². The molecule has 22 heavy (non-hydrogen) atoms. The molecule has 0 saturated heterocycles. The highest BCUT2D eigenvalue weighted by Gasteiger charge is 2.32. The van der Waals surface area contributed by atoms with Gasteiger partial charge in [-0.25, -0.2) is 4.79 Å². The lowest BCUT2D eigenvalue weighted by atomic mass is 9.93. The van der Waals surface area contributed by atoms with E-state index in [4.69, 9.17) is 9.15 Å². The quantitative estimate of drug-likeness (QED) is 0.840. The van der Waals surface area contributed by atoms with Crippen molar-refractivity contribution < 1.29 is 18.7 Å². The van der Waals surface area contributed by atoms with Gasteiger partial charge in [-0.1, -0.05) is 0 Å². The largest absolute Gasteiger partial charge is 0.469 e. The Balaban J connectivity index is 1.51. The molecule has 6 nitrogen and oxygen atoms in total. The van der Waals surface area contributed by atoms with E-state index in [2.05, 4.69) is 10.6 Å². The molecule has 1 heterocycles. The number of hydrogen-bond acceptors (Lipinski definition) is 4. The van der Waals surface area contributed by atoms with Crippen molar-refractivity contribution in [1.29, 1.82) is 0 Å². The summed E-state index contributed by atoms with van der Waals surface area (Å²) in [6.45, 7) is 0. The van der Waals surface area contributed by atoms with Crippen molar-refractivity contribution in [2.45, 2.75) is 50.6 Å². The molecule has 0 aliphatic heterocycles. The highest BCUT2D eigenvalue weighted by molar-refractivity contribution is 5.76. The summed E-state index contributed by atoms with van der Waals surface area (Å²) in [6, 6.07) is 1.81. The molecule has 6 heteroatoms. The minimum Gasteiger partial charge on any atom is -0.469 e. The highest BCUT2D eigenvalue weighted by Crippen LogP contribution is 2.30. The Hall–Kier alpha value is -1.98. The van der Waals surface area contributed by atoms with E-state index < -0.39 is 0 Å². The van der Waals surface area contributed by atoms with Crippen LogP contribution in [0.2, 0.25) is 0 Å². The van der Waals surface area contributed by atoms with Gasteiger partial charge in [-0.05, 0) is 38.2 Å². The molecule has 1 aromatic rings. The van der Waals surface area contributed by atoms with Gasteiger partial charge in [0.15, 0.2) is 0 Å². The molecular weight excluding hydrogens is 284 g/mol. The molecule has 1 fully saturated rings. The summed E-state index contributed by atoms with van der Waals surface area (Å²) in [5.41, 5.74) is 1.08. The Morgan fingerprint density at radius 3 is 2.95 bits per heavy atom. The van der Waals surface area contributed by atoms with Gasteiger partial charge in [-0.2, -0.15) is 0 Å². The monoisotopic (exact) mass is 306 g/mol. The van der Waals surface area contributed by atoms with Crippen LogP contribution < -0.4 is 10.6 Å². The fourth-order valence-corrected chi connectivity index (χ4v) is 3.52. The first-order valence-electron chi connectivity index (χ1n) is 7.88. The van der Waals surface area contributed by atoms with Crippen LogP contribution in [0.15, 0.2) is 16.7 Å². The van der Waals surface area contributed by atoms with Gasteiger partial charge >= 0.3 is 12.0 Å². The van der Waals surface area contributed by atoms with E-state index in [-0.39, 0.29) is 30.0 Å². The lowest BCUT2D eigenvalue weighted by molar-refractivity contribution is -0.145. The number of furan rings is 1. The third kappa shape index (κ3) is 3.10. The van der Waals surface area contributed by atoms with Crippen molar-refractivity contribution in [1.82, 2.24) is 10.6 Å². The molecule has 0 unspecified atom stereocenters. The second-order valence-electron chi connectivity index (χ2n) is 6.09. The Morgan fingerprint density at radius 1 is 1.27 bits per heavy atom. The molecule has 2 amide bonds. The molecule has 0 aromatic carbocycles. The molecule has 2 aliphatic rings. The van der Waals surface area contributed by atoms with E-state index in [1.165, 1.54) is 7.11 Å². The first kappa shape index (κ1) is 14.9. The summed E-state index contributed by atoms with van der Waals surface area (Å²) < 4.78 is 10.2. The number of nitrogens with one attached hydrogen (secondary N) is 2. The van der Waals surface area contributed by atoms with Gasteiger partial charge in [-0.15, -0.1) is 0 Å². The van der Waals surface area contributed by atoms with Crippen LogP contribution in [0.5, 0.6) is 0 Å². The number of carbonyl (C=O) groups is 2. The lowest BCUT2D eigenvalue weighted by Gasteiger charge is -2.24. The second kappa shape index (κ2) is 6.42. The number of fused-ring (bicyclic) bond motifs is 1. The van der Waals surface area contributed by atoms with Crippen molar-refractivity contribution in [3.8, 4) is 0 Å². The molecule has 0 spiro atoms. The first-order valence-corrected chi connectivity index (χ1v) is 7.88. The van der Waals surface area contributed by atoms with Crippen molar-refractivity contribution >= 4 is 12.0 Å². The van der Waals surface area contributed by atoms with Crippen LogP contribution in [0.3, 0.4) is 0 Å². The molecule has 1 saturated carbocycles. The van der Waals surface area contributed by atoms with Gasteiger partial charge in [0.25, 0.3) is 0 Å². The summed E-state index contributed by atoms with van der Waals surface area (Å²) in [6.07, 6.45) is 6.80. The fourth-order valence-electron chi connectivity index (χ4n) is 3.52. The minimum atomic E-state index is -0.181. The smallest absolute Gasteiger partial charge is 0.315 e. The SMILES string of the molecule is COC(=O)[C@H]1CC[C@@H](NC(=O)N[C@@H]2CCCc3occc32)C1. The van der Waals surface area contributed by atoms with Crippen molar-refractivity contribution in [3.05, 3.63) is 23.7 Å². The van der Waals surface area contributed by atoms with E-state index in [9.17, 15) is 9.59 Å². The fraction of sp³-hybridized carbons (Fsp3) is 0.625. The minimum absolute atomic E-state index is 0.0142. The van der Waals surface area contributed by atoms with Crippen LogP contribution in [0.1, 0.15) is 49.5 Å². The lowest BCUT2D eigenvalue weighted by Crippen LogP contribution is -2.43. The average Bonchev–Trinajstić information content (AvgIpc) is 3.15. The van der Waals surface area contributed by atoms with Crippen LogP contribution >= 0.6 is 0 Å². The van der Waals surface area contributed by atoms with Gasteiger partial charge in [0.05, 0.1) is 25.3 Å². The molecule has 1 aromatic heterocycles. The van der Waals surface area contributed by atoms with E-state index in [0.717, 1.165) is 43.4 Å². The van der Waals surface area contributed by atoms with Crippen molar-refractivity contribution in [2.24, 2.45) is 5.92 Å². The average molecular weight is 306 g/mol. The molecule has 0 radical (unpaired) electrons. The Bertz CT molecular complexity index is 554. The molecule has 3 rings (SSSR count). The number of rotatable bonds is 3. The number of amides is 2. The molecule has 120 valence electrons. The maximum atomic E-state index is 12.2. The van der Waals surface area contributed by atoms with E-state index in [0.29, 0.717) is 6.42 Å². The molecule has 2 N–H and O–H groups in total. The maximum absolute atomic E-state index is 12.2. The van der Waals surface area contributed by atoms with Gasteiger partial charge < -0.3 is 19.8 Å². The predicted octanol–water partition coefficient (Wildman–Crippen LogP) is 2.30. The number of hydrogen-bond donors (Lipinski definition) is 2. The molecule has 3 atom stereocenters. The second-order valence-corrected chi connectivity index (χ2v) is 6.09. The van der Waals surface area contributed by atoms with Gasteiger partial charge in [0.1, 0.15) is 5.76 Å². The number of urea groups is 1. The highest BCUT2D eigenvalue weighted by atomic mass is 16.5. The third-order valence-corrected chi connectivity index (χ3v) is 4.66. The Labute approximate surface area is 129 Å². The number of ether oxygens (including phenoxy) is 1. The summed E-state index contributed by atoms with van der Waals surface area (Å²) in [4.78, 5) is 23.7. The van der Waals surface area contributed by atoms with Crippen LogP contribution in [-0.4, -0.2) is 25.2 Å². The summed E-state index contributed by atoms with van der Waals surface area (Å²) in [5.74, 6) is 0.702. The van der Waals surface area contributed by atoms with Gasteiger partial charge in [-0.3, -0.25) is 4.79 Å². The van der Waals surface area contributed by atoms with Gasteiger partial charge in [0, 0.05) is 18.0 Å². The van der Waals surface area contributed by atoms with Crippen LogP contribution in [-0.2, 0) is 16.0 Å². The normalized spacial score (nSPS) is 27.0. The van der Waals surface area contributed by atoms with Gasteiger partial charge in [0.2, 0.25) is 0 Å². The van der Waals surface area contributed by atoms with Crippen LogP contribution in [0, 0.1) is 5.92 Å². The zero-order valence-electron chi connectivity index (χ0n) is 12.8. The summed E-state index contributed by atoms with van der Waals surface area (Å²) in [7, 11) is 1.40. The van der Waals surface area contributed by atoms with Crippen molar-refractivity contribution in [3.63, 3.8) is 0 Å².